The van der Waals surface area contributed by atoms with E-state index in [1.54, 1.807) is 17.7 Å². The average molecular weight is 272 g/mol. The van der Waals surface area contributed by atoms with Crippen LogP contribution in [0.2, 0.25) is 0 Å². The zero-order valence-electron chi connectivity index (χ0n) is 10.2. The fraction of sp³-hybridized carbons (Fsp3) is 0.143. The number of fused-ring (bicyclic) bond motifs is 1. The first-order chi connectivity index (χ1) is 8.66. The van der Waals surface area contributed by atoms with Crippen LogP contribution in [0.4, 0.5) is 0 Å². The number of hydrogen-bond acceptors (Lipinski definition) is 3. The van der Waals surface area contributed by atoms with Crippen molar-refractivity contribution in [1.82, 2.24) is 9.97 Å². The van der Waals surface area contributed by atoms with Gasteiger partial charge in [0.05, 0.1) is 11.7 Å². The van der Waals surface area contributed by atoms with E-state index >= 15 is 0 Å². The fourth-order valence-electron chi connectivity index (χ4n) is 2.12. The van der Waals surface area contributed by atoms with E-state index < -0.39 is 0 Å². The highest BCUT2D eigenvalue weighted by atomic mass is 32.1. The Labute approximate surface area is 114 Å². The van der Waals surface area contributed by atoms with Gasteiger partial charge in [0.1, 0.15) is 9.47 Å². The molecule has 0 atom stereocenters. The molecule has 0 radical (unpaired) electrons. The maximum absolute atomic E-state index is 5.39. The third-order valence-electron chi connectivity index (χ3n) is 3.01. The predicted octanol–water partition coefficient (Wildman–Crippen LogP) is 4.64. The molecule has 2 nitrogen and oxygen atoms in total. The van der Waals surface area contributed by atoms with Crippen LogP contribution in [0.15, 0.2) is 30.6 Å². The second-order valence-electron chi connectivity index (χ2n) is 4.31. The number of thiophene rings is 1. The second kappa shape index (κ2) is 4.30. The van der Waals surface area contributed by atoms with E-state index in [9.17, 15) is 0 Å². The van der Waals surface area contributed by atoms with Gasteiger partial charge in [0.2, 0.25) is 0 Å². The zero-order valence-corrected chi connectivity index (χ0v) is 11.8. The number of H-pyrrole nitrogens is 1. The summed E-state index contributed by atoms with van der Waals surface area (Å²) in [5.41, 5.74) is 3.68. The number of nitrogens with zero attached hydrogens (tertiary/aromatic N) is 1. The smallest absolute Gasteiger partial charge is 0.128 e. The lowest BCUT2D eigenvalue weighted by atomic mass is 10.0. The number of hydrogen-bond donors (Lipinski definition) is 1. The molecular weight excluding hydrogens is 260 g/mol. The Hall–Kier alpha value is -1.52. The van der Waals surface area contributed by atoms with Gasteiger partial charge in [0.15, 0.2) is 0 Å². The highest BCUT2D eigenvalue weighted by Crippen LogP contribution is 2.37. The largest absolute Gasteiger partial charge is 0.337 e. The van der Waals surface area contributed by atoms with E-state index in [1.165, 1.54) is 21.6 Å². The van der Waals surface area contributed by atoms with E-state index in [1.807, 2.05) is 0 Å². The quantitative estimate of drug-likeness (QED) is 0.654. The Morgan fingerprint density at radius 3 is 2.61 bits per heavy atom. The molecule has 0 fully saturated rings. The highest BCUT2D eigenvalue weighted by Gasteiger charge is 2.13. The van der Waals surface area contributed by atoms with E-state index in [2.05, 4.69) is 48.1 Å². The van der Waals surface area contributed by atoms with Crippen molar-refractivity contribution < 1.29 is 0 Å². The van der Waals surface area contributed by atoms with Crippen molar-refractivity contribution in [3.05, 3.63) is 45.7 Å². The molecule has 0 saturated carbocycles. The van der Waals surface area contributed by atoms with Crippen LogP contribution >= 0.6 is 23.6 Å². The molecule has 0 aliphatic heterocycles. The van der Waals surface area contributed by atoms with Crippen molar-refractivity contribution in [3.63, 3.8) is 0 Å². The molecular formula is C14H12N2S2. The Balaban J connectivity index is 2.38. The number of benzene rings is 1. The molecule has 1 N–H and O–H groups in total. The van der Waals surface area contributed by atoms with Gasteiger partial charge in [-0.15, -0.1) is 11.3 Å². The predicted molar refractivity (Wildman–Crippen MR) is 79.7 cm³/mol. The average Bonchev–Trinajstić information content (AvgIpc) is 2.68. The zero-order chi connectivity index (χ0) is 12.7. The van der Waals surface area contributed by atoms with Crippen LogP contribution in [0.1, 0.15) is 10.4 Å². The van der Waals surface area contributed by atoms with E-state index in [0.717, 1.165) is 14.9 Å². The summed E-state index contributed by atoms with van der Waals surface area (Å²) in [6, 6.07) is 8.54. The molecule has 0 saturated heterocycles. The highest BCUT2D eigenvalue weighted by molar-refractivity contribution is 7.71. The lowest BCUT2D eigenvalue weighted by Crippen LogP contribution is -1.83. The standard InChI is InChI=1S/C14H12N2S2/c1-8-3-5-10(6-4-8)11-9(2)18-14-12(11)13(17)15-7-16-14/h3-7H,1-2H3,(H,15,16,17). The Bertz CT molecular complexity index is 767. The Kier molecular flexibility index (Phi) is 2.76. The van der Waals surface area contributed by atoms with Crippen LogP contribution in [0.5, 0.6) is 0 Å². The van der Waals surface area contributed by atoms with Crippen LogP contribution in [-0.2, 0) is 0 Å². The van der Waals surface area contributed by atoms with Crippen LogP contribution < -0.4 is 0 Å². The summed E-state index contributed by atoms with van der Waals surface area (Å²) < 4.78 is 0.764. The summed E-state index contributed by atoms with van der Waals surface area (Å²) in [4.78, 5) is 9.65. The van der Waals surface area contributed by atoms with Gasteiger partial charge in [-0.2, -0.15) is 0 Å². The minimum absolute atomic E-state index is 0.764. The first kappa shape index (κ1) is 11.6. The molecule has 90 valence electrons. The van der Waals surface area contributed by atoms with Gasteiger partial charge in [-0.1, -0.05) is 42.0 Å². The summed E-state index contributed by atoms with van der Waals surface area (Å²) in [5, 5.41) is 1.07. The van der Waals surface area contributed by atoms with E-state index in [-0.39, 0.29) is 0 Å². The third-order valence-corrected chi connectivity index (χ3v) is 4.35. The number of nitrogens with one attached hydrogen (secondary N) is 1. The number of aromatic amines is 1. The molecule has 2 heterocycles. The summed E-state index contributed by atoms with van der Waals surface area (Å²) >= 11 is 7.09. The minimum atomic E-state index is 0.764. The molecule has 3 aromatic rings. The monoisotopic (exact) mass is 272 g/mol. The Morgan fingerprint density at radius 1 is 1.17 bits per heavy atom. The molecule has 0 amide bonds. The summed E-state index contributed by atoms with van der Waals surface area (Å²) in [6.07, 6.45) is 1.67. The van der Waals surface area contributed by atoms with Crippen molar-refractivity contribution in [2.75, 3.05) is 0 Å². The molecule has 0 unspecified atom stereocenters. The van der Waals surface area contributed by atoms with Crippen LogP contribution in [0.25, 0.3) is 21.3 Å². The van der Waals surface area contributed by atoms with E-state index in [0.29, 0.717) is 0 Å². The maximum atomic E-state index is 5.39. The number of aromatic nitrogens is 2. The van der Waals surface area contributed by atoms with Gasteiger partial charge in [-0.05, 0) is 19.4 Å². The normalized spacial score (nSPS) is 11.0. The first-order valence-electron chi connectivity index (χ1n) is 5.70. The molecule has 18 heavy (non-hydrogen) atoms. The molecule has 0 bridgehead atoms. The summed E-state index contributed by atoms with van der Waals surface area (Å²) in [7, 11) is 0. The fourth-order valence-corrected chi connectivity index (χ4v) is 3.46. The third kappa shape index (κ3) is 1.78. The number of rotatable bonds is 1. The molecule has 0 spiro atoms. The van der Waals surface area contributed by atoms with Gasteiger partial charge in [0.25, 0.3) is 0 Å². The van der Waals surface area contributed by atoms with Crippen LogP contribution in [-0.4, -0.2) is 9.97 Å². The summed E-state index contributed by atoms with van der Waals surface area (Å²) in [6.45, 7) is 4.21. The first-order valence-corrected chi connectivity index (χ1v) is 6.93. The topological polar surface area (TPSA) is 28.7 Å². The van der Waals surface area contributed by atoms with Crippen LogP contribution in [0.3, 0.4) is 0 Å². The summed E-state index contributed by atoms with van der Waals surface area (Å²) in [5.74, 6) is 0. The second-order valence-corrected chi connectivity index (χ2v) is 5.92. The molecule has 4 heteroatoms. The van der Waals surface area contributed by atoms with Gasteiger partial charge in [0, 0.05) is 10.4 Å². The Morgan fingerprint density at radius 2 is 1.89 bits per heavy atom. The van der Waals surface area contributed by atoms with Crippen molar-refractivity contribution in [1.29, 1.82) is 0 Å². The molecule has 1 aromatic carbocycles. The van der Waals surface area contributed by atoms with Gasteiger partial charge in [-0.25, -0.2) is 4.98 Å². The lowest BCUT2D eigenvalue weighted by molar-refractivity contribution is 1.22. The molecule has 0 aliphatic rings. The lowest BCUT2D eigenvalue weighted by Gasteiger charge is -2.02. The van der Waals surface area contributed by atoms with Gasteiger partial charge < -0.3 is 4.98 Å². The number of aryl methyl sites for hydroxylation is 2. The van der Waals surface area contributed by atoms with Crippen molar-refractivity contribution in [3.8, 4) is 11.1 Å². The molecule has 3 rings (SSSR count). The van der Waals surface area contributed by atoms with Crippen molar-refractivity contribution in [2.24, 2.45) is 0 Å². The van der Waals surface area contributed by atoms with Crippen molar-refractivity contribution >= 4 is 33.8 Å². The van der Waals surface area contributed by atoms with Gasteiger partial charge in [-0.3, -0.25) is 0 Å². The van der Waals surface area contributed by atoms with E-state index in [4.69, 9.17) is 12.2 Å². The van der Waals surface area contributed by atoms with Crippen molar-refractivity contribution in [2.45, 2.75) is 13.8 Å². The minimum Gasteiger partial charge on any atom is -0.337 e. The van der Waals surface area contributed by atoms with Gasteiger partial charge >= 0.3 is 0 Å². The molecule has 2 aromatic heterocycles. The van der Waals surface area contributed by atoms with Crippen LogP contribution in [0, 0.1) is 18.5 Å². The maximum Gasteiger partial charge on any atom is 0.128 e. The SMILES string of the molecule is Cc1ccc(-c2c(C)sc3nc[nH]c(=S)c23)cc1. The molecule has 0 aliphatic carbocycles.